The highest BCUT2D eigenvalue weighted by Crippen LogP contribution is 2.49. The number of carbonyl (C=O) groups is 1. The van der Waals surface area contributed by atoms with Crippen LogP contribution in [-0.2, 0) is 0 Å². The normalized spacial score (nSPS) is 29.8. The van der Waals surface area contributed by atoms with Gasteiger partial charge in [0, 0.05) is 11.5 Å². The molecule has 0 radical (unpaired) electrons. The van der Waals surface area contributed by atoms with Crippen molar-refractivity contribution in [3.63, 3.8) is 0 Å². The number of carbonyl (C=O) groups excluding carboxylic acids is 1. The molecule has 2 aliphatic carbocycles. The monoisotopic (exact) mass is 270 g/mol. The second-order valence-electron chi connectivity index (χ2n) is 5.39. The van der Waals surface area contributed by atoms with Crippen LogP contribution in [0.3, 0.4) is 0 Å². The van der Waals surface area contributed by atoms with Crippen LogP contribution in [0.2, 0.25) is 5.02 Å². The maximum Gasteiger partial charge on any atom is 0.167 e. The van der Waals surface area contributed by atoms with E-state index in [-0.39, 0.29) is 22.3 Å². The molecule has 0 heterocycles. The minimum Gasteiger partial charge on any atom is -0.294 e. The van der Waals surface area contributed by atoms with Crippen molar-refractivity contribution in [1.82, 2.24) is 0 Å². The summed E-state index contributed by atoms with van der Waals surface area (Å²) in [6.07, 6.45) is 4.23. The van der Waals surface area contributed by atoms with E-state index in [0.29, 0.717) is 11.8 Å². The van der Waals surface area contributed by atoms with Gasteiger partial charge in [0.05, 0.1) is 5.02 Å². The van der Waals surface area contributed by atoms with Crippen molar-refractivity contribution < 1.29 is 13.6 Å². The number of fused-ring (bicyclic) bond motifs is 2. The third-order valence-electron chi connectivity index (χ3n) is 4.35. The van der Waals surface area contributed by atoms with Gasteiger partial charge in [-0.2, -0.15) is 0 Å². The highest BCUT2D eigenvalue weighted by Gasteiger charge is 2.43. The zero-order valence-corrected chi connectivity index (χ0v) is 10.5. The Labute approximate surface area is 109 Å². The average molecular weight is 271 g/mol. The molecule has 0 spiro atoms. The average Bonchev–Trinajstić information content (AvgIpc) is 2.95. The highest BCUT2D eigenvalue weighted by molar-refractivity contribution is 6.34. The lowest BCUT2D eigenvalue weighted by Gasteiger charge is -2.20. The van der Waals surface area contributed by atoms with Gasteiger partial charge in [-0.1, -0.05) is 18.0 Å². The van der Waals surface area contributed by atoms with Crippen molar-refractivity contribution >= 4 is 17.4 Å². The summed E-state index contributed by atoms with van der Waals surface area (Å²) in [6.45, 7) is 0. The molecule has 1 nitrogen and oxygen atoms in total. The van der Waals surface area contributed by atoms with Crippen molar-refractivity contribution in [2.24, 2.45) is 17.8 Å². The van der Waals surface area contributed by atoms with Crippen LogP contribution >= 0.6 is 11.6 Å². The standard InChI is InChI=1S/C14H13ClF2O/c15-11-6-13(17)12(16)5-10(11)14(18)9-4-7-1-2-8(9)3-7/h5-9H,1-4H2. The number of rotatable bonds is 2. The first-order valence-corrected chi connectivity index (χ1v) is 6.63. The molecule has 3 unspecified atom stereocenters. The molecular formula is C14H13ClF2O. The molecule has 2 bridgehead atoms. The Morgan fingerprint density at radius 3 is 2.50 bits per heavy atom. The van der Waals surface area contributed by atoms with Gasteiger partial charge in [0.25, 0.3) is 0 Å². The predicted octanol–water partition coefficient (Wildman–Crippen LogP) is 4.24. The molecule has 0 N–H and O–H groups in total. The molecule has 3 atom stereocenters. The highest BCUT2D eigenvalue weighted by atomic mass is 35.5. The lowest BCUT2D eigenvalue weighted by molar-refractivity contribution is 0.0874. The first-order chi connectivity index (χ1) is 8.56. The van der Waals surface area contributed by atoms with Crippen LogP contribution in [0, 0.1) is 29.4 Å². The Balaban J connectivity index is 1.91. The predicted molar refractivity (Wildman–Crippen MR) is 64.6 cm³/mol. The van der Waals surface area contributed by atoms with E-state index >= 15 is 0 Å². The summed E-state index contributed by atoms with van der Waals surface area (Å²) >= 11 is 5.85. The van der Waals surface area contributed by atoms with Gasteiger partial charge in [-0.15, -0.1) is 0 Å². The van der Waals surface area contributed by atoms with Gasteiger partial charge in [-0.05, 0) is 43.2 Å². The summed E-state index contributed by atoms with van der Waals surface area (Å²) in [7, 11) is 0. The van der Waals surface area contributed by atoms with Crippen LogP contribution in [0.4, 0.5) is 8.78 Å². The molecule has 0 amide bonds. The minimum atomic E-state index is -1.01. The maximum absolute atomic E-state index is 13.2. The molecule has 2 aliphatic rings. The van der Waals surface area contributed by atoms with Gasteiger partial charge < -0.3 is 0 Å². The number of halogens is 3. The molecule has 0 aromatic heterocycles. The molecule has 96 valence electrons. The second kappa shape index (κ2) is 4.30. The second-order valence-corrected chi connectivity index (χ2v) is 5.80. The molecule has 0 saturated heterocycles. The van der Waals surface area contributed by atoms with Gasteiger partial charge in [-0.3, -0.25) is 4.79 Å². The van der Waals surface area contributed by atoms with Gasteiger partial charge in [0.15, 0.2) is 17.4 Å². The summed E-state index contributed by atoms with van der Waals surface area (Å²) in [5, 5.41) is 0.0154. The van der Waals surface area contributed by atoms with Crippen LogP contribution in [-0.4, -0.2) is 5.78 Å². The lowest BCUT2D eigenvalue weighted by atomic mass is 9.83. The fourth-order valence-corrected chi connectivity index (χ4v) is 3.72. The van der Waals surface area contributed by atoms with Crippen LogP contribution in [0.25, 0.3) is 0 Å². The fraction of sp³-hybridized carbons (Fsp3) is 0.500. The van der Waals surface area contributed by atoms with Crippen molar-refractivity contribution in [3.05, 3.63) is 34.4 Å². The summed E-state index contributed by atoms with van der Waals surface area (Å²) < 4.78 is 26.2. The van der Waals surface area contributed by atoms with Crippen LogP contribution in [0.15, 0.2) is 12.1 Å². The zero-order chi connectivity index (χ0) is 12.9. The topological polar surface area (TPSA) is 17.1 Å². The first kappa shape index (κ1) is 12.1. The Bertz CT molecular complexity index is 515. The van der Waals surface area contributed by atoms with E-state index in [1.807, 2.05) is 0 Å². The molecule has 0 aliphatic heterocycles. The number of hydrogen-bond donors (Lipinski definition) is 0. The first-order valence-electron chi connectivity index (χ1n) is 6.25. The van der Waals surface area contributed by atoms with E-state index in [0.717, 1.165) is 31.4 Å². The van der Waals surface area contributed by atoms with Crippen LogP contribution in [0.5, 0.6) is 0 Å². The number of hydrogen-bond acceptors (Lipinski definition) is 1. The van der Waals surface area contributed by atoms with Gasteiger partial charge in [-0.25, -0.2) is 8.78 Å². The summed E-state index contributed by atoms with van der Waals surface area (Å²) in [5.74, 6) is -1.15. The van der Waals surface area contributed by atoms with Crippen molar-refractivity contribution in [2.75, 3.05) is 0 Å². The van der Waals surface area contributed by atoms with Crippen LogP contribution < -0.4 is 0 Å². The largest absolute Gasteiger partial charge is 0.294 e. The Morgan fingerprint density at radius 1 is 1.17 bits per heavy atom. The van der Waals surface area contributed by atoms with E-state index in [2.05, 4.69) is 0 Å². The third-order valence-corrected chi connectivity index (χ3v) is 4.66. The van der Waals surface area contributed by atoms with E-state index in [4.69, 9.17) is 11.6 Å². The van der Waals surface area contributed by atoms with E-state index < -0.39 is 11.6 Å². The molecule has 4 heteroatoms. The lowest BCUT2D eigenvalue weighted by Crippen LogP contribution is -2.21. The van der Waals surface area contributed by atoms with E-state index in [1.54, 1.807) is 0 Å². The molecule has 1 aromatic rings. The molecule has 3 rings (SSSR count). The summed E-state index contributed by atoms with van der Waals surface area (Å²) in [5.41, 5.74) is 0.133. The number of benzene rings is 1. The Hall–Kier alpha value is -0.960. The summed E-state index contributed by atoms with van der Waals surface area (Å²) in [6, 6.07) is 1.82. The molecule has 18 heavy (non-hydrogen) atoms. The fourth-order valence-electron chi connectivity index (χ4n) is 3.48. The van der Waals surface area contributed by atoms with Crippen molar-refractivity contribution in [1.29, 1.82) is 0 Å². The maximum atomic E-state index is 13.2. The quantitative estimate of drug-likeness (QED) is 0.580. The smallest absolute Gasteiger partial charge is 0.167 e. The number of ketones is 1. The Kier molecular flexibility index (Phi) is 2.89. The minimum absolute atomic E-state index is 0.0154. The molecule has 2 fully saturated rings. The molecular weight excluding hydrogens is 258 g/mol. The van der Waals surface area contributed by atoms with Gasteiger partial charge in [0.1, 0.15) is 0 Å². The SMILES string of the molecule is O=C(c1cc(F)c(F)cc1Cl)C1CC2CCC1C2. The zero-order valence-electron chi connectivity index (χ0n) is 9.76. The third kappa shape index (κ3) is 1.85. The van der Waals surface area contributed by atoms with Gasteiger partial charge in [0.2, 0.25) is 0 Å². The summed E-state index contributed by atoms with van der Waals surface area (Å²) in [4.78, 5) is 12.3. The Morgan fingerprint density at radius 2 is 1.89 bits per heavy atom. The molecule has 2 saturated carbocycles. The van der Waals surface area contributed by atoms with Crippen molar-refractivity contribution in [2.45, 2.75) is 25.7 Å². The van der Waals surface area contributed by atoms with E-state index in [9.17, 15) is 13.6 Å². The number of Topliss-reactive ketones (excluding diaryl/α,β-unsaturated/α-hetero) is 1. The van der Waals surface area contributed by atoms with Crippen LogP contribution in [0.1, 0.15) is 36.0 Å². The van der Waals surface area contributed by atoms with Crippen molar-refractivity contribution in [3.8, 4) is 0 Å². The molecule has 1 aromatic carbocycles. The van der Waals surface area contributed by atoms with E-state index in [1.165, 1.54) is 6.42 Å². The van der Waals surface area contributed by atoms with Gasteiger partial charge >= 0.3 is 0 Å².